The second kappa shape index (κ2) is 10.6. The SMILES string of the molecule is CCOC(=O)C1=C(C)N=c2sc(=Cc3ccc(-c4ccccc4C(=O)[O-])o3)c(=O)n2[C@H]1c1ccccc1OC. The van der Waals surface area contributed by atoms with Crippen LogP contribution in [-0.2, 0) is 9.53 Å². The van der Waals surface area contributed by atoms with Gasteiger partial charge in [-0.25, -0.2) is 9.79 Å². The minimum atomic E-state index is -1.32. The summed E-state index contributed by atoms with van der Waals surface area (Å²) in [6.45, 7) is 3.59. The van der Waals surface area contributed by atoms with Gasteiger partial charge in [0.05, 0.1) is 35.5 Å². The molecule has 2 aromatic heterocycles. The van der Waals surface area contributed by atoms with E-state index in [0.717, 1.165) is 11.3 Å². The molecule has 0 saturated heterocycles. The van der Waals surface area contributed by atoms with Gasteiger partial charge in [0, 0.05) is 22.8 Å². The van der Waals surface area contributed by atoms with Crippen LogP contribution in [0.15, 0.2) is 86.1 Å². The van der Waals surface area contributed by atoms with Crippen LogP contribution in [-0.4, -0.2) is 30.2 Å². The van der Waals surface area contributed by atoms with Gasteiger partial charge in [-0.1, -0.05) is 53.8 Å². The van der Waals surface area contributed by atoms with Gasteiger partial charge in [0.2, 0.25) is 0 Å². The lowest BCUT2D eigenvalue weighted by Crippen LogP contribution is -2.40. The minimum Gasteiger partial charge on any atom is -0.545 e. The highest BCUT2D eigenvalue weighted by molar-refractivity contribution is 7.07. The summed E-state index contributed by atoms with van der Waals surface area (Å²) in [5.41, 5.74) is 1.29. The number of methoxy groups -OCH3 is 1. The summed E-state index contributed by atoms with van der Waals surface area (Å²) >= 11 is 1.15. The molecule has 0 aliphatic carbocycles. The number of thiazole rings is 1. The number of carboxylic acid groups (broad SMARTS) is 1. The van der Waals surface area contributed by atoms with Crippen LogP contribution in [0.25, 0.3) is 17.4 Å². The molecule has 1 atom stereocenters. The fourth-order valence-electron chi connectivity index (χ4n) is 4.56. The lowest BCUT2D eigenvalue weighted by Gasteiger charge is -2.25. The van der Waals surface area contributed by atoms with Crippen LogP contribution in [0.4, 0.5) is 0 Å². The Bertz CT molecular complexity index is 1810. The van der Waals surface area contributed by atoms with Crippen LogP contribution in [0.3, 0.4) is 0 Å². The maximum atomic E-state index is 13.8. The van der Waals surface area contributed by atoms with Crippen molar-refractivity contribution >= 4 is 29.4 Å². The molecule has 2 aromatic carbocycles. The van der Waals surface area contributed by atoms with Gasteiger partial charge in [0.25, 0.3) is 5.56 Å². The number of carbonyl (C=O) groups is 2. The summed E-state index contributed by atoms with van der Waals surface area (Å²) in [6.07, 6.45) is 1.57. The van der Waals surface area contributed by atoms with Crippen LogP contribution in [0, 0.1) is 0 Å². The van der Waals surface area contributed by atoms with Crippen LogP contribution in [0.5, 0.6) is 5.75 Å². The van der Waals surface area contributed by atoms with Gasteiger partial charge in [0.1, 0.15) is 23.3 Å². The topological polar surface area (TPSA) is 123 Å². The lowest BCUT2D eigenvalue weighted by molar-refractivity contribution is -0.255. The van der Waals surface area contributed by atoms with E-state index in [-0.39, 0.29) is 23.3 Å². The van der Waals surface area contributed by atoms with E-state index in [2.05, 4.69) is 4.99 Å². The van der Waals surface area contributed by atoms with E-state index in [1.54, 1.807) is 74.5 Å². The Balaban J connectivity index is 1.66. The number of rotatable bonds is 7. The van der Waals surface area contributed by atoms with E-state index < -0.39 is 18.0 Å². The molecular weight excluding hydrogens is 520 g/mol. The largest absolute Gasteiger partial charge is 0.545 e. The Kier molecular flexibility index (Phi) is 7.03. The first-order valence-electron chi connectivity index (χ1n) is 12.1. The molecule has 0 spiro atoms. The van der Waals surface area contributed by atoms with Gasteiger partial charge in [-0.2, -0.15) is 0 Å². The van der Waals surface area contributed by atoms with E-state index >= 15 is 0 Å². The van der Waals surface area contributed by atoms with Crippen molar-refractivity contribution in [3.05, 3.63) is 109 Å². The summed E-state index contributed by atoms with van der Waals surface area (Å²) in [6, 6.07) is 16.0. The number of furan rings is 1. The van der Waals surface area contributed by atoms with Crippen LogP contribution < -0.4 is 24.7 Å². The lowest BCUT2D eigenvalue weighted by atomic mass is 9.95. The average molecular weight is 544 g/mol. The molecular formula is C29H23N2O7S-. The number of aromatic nitrogens is 1. The molecule has 0 N–H and O–H groups in total. The fourth-order valence-corrected chi connectivity index (χ4v) is 5.59. The van der Waals surface area contributed by atoms with E-state index in [1.165, 1.54) is 17.7 Å². The molecule has 0 fully saturated rings. The highest BCUT2D eigenvalue weighted by Gasteiger charge is 2.35. The molecule has 39 heavy (non-hydrogen) atoms. The molecule has 1 aliphatic heterocycles. The molecule has 0 bridgehead atoms. The van der Waals surface area contributed by atoms with Gasteiger partial charge < -0.3 is 23.8 Å². The average Bonchev–Trinajstić information content (AvgIpc) is 3.52. The smallest absolute Gasteiger partial charge is 0.338 e. The number of ether oxygens (including phenoxy) is 2. The predicted octanol–water partition coefficient (Wildman–Crippen LogP) is 2.43. The number of carboxylic acids is 1. The Morgan fingerprint density at radius 3 is 2.62 bits per heavy atom. The Hall–Kier alpha value is -4.70. The maximum Gasteiger partial charge on any atom is 0.338 e. The van der Waals surface area contributed by atoms with Crippen molar-refractivity contribution in [2.45, 2.75) is 19.9 Å². The van der Waals surface area contributed by atoms with Gasteiger partial charge in [-0.3, -0.25) is 9.36 Å². The fraction of sp³-hybridized carbons (Fsp3) is 0.172. The highest BCUT2D eigenvalue weighted by atomic mass is 32.1. The van der Waals surface area contributed by atoms with Crippen molar-refractivity contribution in [2.24, 2.45) is 4.99 Å². The van der Waals surface area contributed by atoms with Crippen LogP contribution in [0.2, 0.25) is 0 Å². The zero-order valence-corrected chi connectivity index (χ0v) is 22.1. The molecule has 4 aromatic rings. The molecule has 1 aliphatic rings. The Morgan fingerprint density at radius 1 is 1.13 bits per heavy atom. The first-order valence-corrected chi connectivity index (χ1v) is 12.9. The number of carbonyl (C=O) groups excluding carboxylic acids is 2. The summed E-state index contributed by atoms with van der Waals surface area (Å²) in [5, 5.41) is 11.5. The second-order valence-corrected chi connectivity index (χ2v) is 9.59. The molecule has 9 nitrogen and oxygen atoms in total. The molecule has 0 saturated carbocycles. The zero-order valence-electron chi connectivity index (χ0n) is 21.3. The third kappa shape index (κ3) is 4.70. The Morgan fingerprint density at radius 2 is 1.87 bits per heavy atom. The number of nitrogens with zero attached hydrogens (tertiary/aromatic N) is 2. The van der Waals surface area contributed by atoms with Gasteiger partial charge in [0.15, 0.2) is 4.80 Å². The first kappa shape index (κ1) is 25.9. The highest BCUT2D eigenvalue weighted by Crippen LogP contribution is 2.35. The summed E-state index contributed by atoms with van der Waals surface area (Å²) in [5.74, 6) is -0.706. The third-order valence-electron chi connectivity index (χ3n) is 6.26. The van der Waals surface area contributed by atoms with Gasteiger partial charge >= 0.3 is 5.97 Å². The van der Waals surface area contributed by atoms with Crippen molar-refractivity contribution in [2.75, 3.05) is 13.7 Å². The van der Waals surface area contributed by atoms with Crippen LogP contribution in [0.1, 0.15) is 41.6 Å². The third-order valence-corrected chi connectivity index (χ3v) is 7.25. The molecule has 5 rings (SSSR count). The summed E-state index contributed by atoms with van der Waals surface area (Å²) < 4.78 is 18.6. The number of hydrogen-bond acceptors (Lipinski definition) is 9. The number of para-hydroxylation sites is 1. The zero-order chi connectivity index (χ0) is 27.7. The number of benzene rings is 2. The van der Waals surface area contributed by atoms with Crippen molar-refractivity contribution in [1.82, 2.24) is 4.57 Å². The van der Waals surface area contributed by atoms with Gasteiger partial charge in [-0.05, 0) is 32.0 Å². The number of aromatic carboxylic acids is 1. The van der Waals surface area contributed by atoms with Crippen molar-refractivity contribution < 1.29 is 28.6 Å². The second-order valence-electron chi connectivity index (χ2n) is 8.58. The normalized spacial score (nSPS) is 15.1. The van der Waals surface area contributed by atoms with Crippen LogP contribution >= 0.6 is 11.3 Å². The number of allylic oxidation sites excluding steroid dienone is 1. The van der Waals surface area contributed by atoms with E-state index in [9.17, 15) is 19.5 Å². The van der Waals surface area contributed by atoms with Crippen molar-refractivity contribution in [1.29, 1.82) is 0 Å². The first-order chi connectivity index (χ1) is 18.8. The molecule has 0 radical (unpaired) electrons. The number of esters is 1. The quantitative estimate of drug-likeness (QED) is 0.328. The van der Waals surface area contributed by atoms with E-state index in [1.807, 2.05) is 0 Å². The van der Waals surface area contributed by atoms with E-state index in [4.69, 9.17) is 13.9 Å². The maximum absolute atomic E-state index is 13.8. The molecule has 0 amide bonds. The number of fused-ring (bicyclic) bond motifs is 1. The van der Waals surface area contributed by atoms with Crippen molar-refractivity contribution in [3.8, 4) is 17.1 Å². The number of hydrogen-bond donors (Lipinski definition) is 0. The minimum absolute atomic E-state index is 0.00319. The molecule has 198 valence electrons. The predicted molar refractivity (Wildman–Crippen MR) is 142 cm³/mol. The van der Waals surface area contributed by atoms with E-state index in [0.29, 0.717) is 43.4 Å². The van der Waals surface area contributed by atoms with Crippen molar-refractivity contribution in [3.63, 3.8) is 0 Å². The molecule has 0 unspecified atom stereocenters. The standard InChI is InChI=1S/C29H24N2O7S/c1-4-37-28(35)24-16(2)30-29-31(25(24)20-11-7-8-12-21(20)36-3)26(32)23(39-29)15-17-13-14-22(38-17)18-9-5-6-10-19(18)27(33)34/h5-15,25H,4H2,1-3H3,(H,33,34)/p-1/t25-/m0/s1. The Labute approximate surface area is 226 Å². The van der Waals surface area contributed by atoms with Gasteiger partial charge in [-0.15, -0.1) is 0 Å². The summed E-state index contributed by atoms with van der Waals surface area (Å²) in [7, 11) is 1.52. The monoisotopic (exact) mass is 543 g/mol. The molecule has 3 heterocycles. The summed E-state index contributed by atoms with van der Waals surface area (Å²) in [4.78, 5) is 43.4. The molecule has 10 heteroatoms.